The zero-order valence-corrected chi connectivity index (χ0v) is 20.5. The van der Waals surface area contributed by atoms with Crippen LogP contribution in [0.3, 0.4) is 0 Å². The van der Waals surface area contributed by atoms with Crippen LogP contribution in [0.15, 0.2) is 32.8 Å². The summed E-state index contributed by atoms with van der Waals surface area (Å²) in [6.45, 7) is 4.67. The van der Waals surface area contributed by atoms with Crippen molar-refractivity contribution in [2.45, 2.75) is 50.2 Å². The van der Waals surface area contributed by atoms with Crippen molar-refractivity contribution >= 4 is 23.5 Å². The van der Waals surface area contributed by atoms with Crippen LogP contribution >= 0.6 is 11.8 Å². The van der Waals surface area contributed by atoms with Gasteiger partial charge in [-0.15, -0.1) is 0 Å². The molecule has 0 N–H and O–H groups in total. The molecule has 35 heavy (non-hydrogen) atoms. The second kappa shape index (κ2) is 9.10. The maximum absolute atomic E-state index is 13.1. The summed E-state index contributed by atoms with van der Waals surface area (Å²) in [4.78, 5) is 43.8. The second-order valence-electron chi connectivity index (χ2n) is 9.16. The smallest absolute Gasteiger partial charge is 0.257 e. The molecule has 182 valence electrons. The molecular formula is C24H27N7O3S. The van der Waals surface area contributed by atoms with Gasteiger partial charge in [0.05, 0.1) is 11.7 Å². The van der Waals surface area contributed by atoms with Gasteiger partial charge >= 0.3 is 0 Å². The highest BCUT2D eigenvalue weighted by molar-refractivity contribution is 7.99. The molecule has 3 aromatic rings. The lowest BCUT2D eigenvalue weighted by atomic mass is 10.1. The number of thioether (sulfide) groups is 1. The third-order valence-corrected chi connectivity index (χ3v) is 8.11. The Hall–Kier alpha value is -3.21. The summed E-state index contributed by atoms with van der Waals surface area (Å²) >= 11 is 1.59. The molecule has 0 radical (unpaired) electrons. The third-order valence-electron chi connectivity index (χ3n) is 7.02. The normalized spacial score (nSPS) is 19.2. The number of nitrogens with zero attached hydrogens (tertiary/aromatic N) is 7. The van der Waals surface area contributed by atoms with Crippen LogP contribution in [-0.2, 0) is 24.1 Å². The molecule has 10 nitrogen and oxygen atoms in total. The number of aromatic nitrogens is 5. The Balaban J connectivity index is 1.07. The third kappa shape index (κ3) is 4.11. The molecule has 0 saturated carbocycles. The van der Waals surface area contributed by atoms with Gasteiger partial charge in [-0.2, -0.15) is 4.98 Å². The Morgan fingerprint density at radius 1 is 1.17 bits per heavy atom. The molecule has 3 aliphatic rings. The highest BCUT2D eigenvalue weighted by Gasteiger charge is 2.33. The Morgan fingerprint density at radius 2 is 2.03 bits per heavy atom. The second-order valence-corrected chi connectivity index (χ2v) is 10.1. The van der Waals surface area contributed by atoms with Crippen LogP contribution in [0.1, 0.15) is 43.0 Å². The van der Waals surface area contributed by atoms with E-state index in [1.807, 2.05) is 24.0 Å². The van der Waals surface area contributed by atoms with Crippen LogP contribution in [0.5, 0.6) is 0 Å². The van der Waals surface area contributed by atoms with Crippen molar-refractivity contribution < 1.29 is 9.32 Å². The van der Waals surface area contributed by atoms with E-state index in [9.17, 15) is 9.59 Å². The van der Waals surface area contributed by atoms with E-state index >= 15 is 0 Å². The molecule has 1 fully saturated rings. The van der Waals surface area contributed by atoms with Gasteiger partial charge in [-0.3, -0.25) is 14.2 Å². The maximum Gasteiger partial charge on any atom is 0.257 e. The minimum Gasteiger partial charge on any atom is -0.353 e. The van der Waals surface area contributed by atoms with Gasteiger partial charge in [-0.05, 0) is 31.4 Å². The van der Waals surface area contributed by atoms with Crippen LogP contribution in [0, 0.1) is 0 Å². The summed E-state index contributed by atoms with van der Waals surface area (Å²) in [6, 6.07) is 3.79. The van der Waals surface area contributed by atoms with Crippen molar-refractivity contribution in [3.8, 4) is 11.4 Å². The van der Waals surface area contributed by atoms with Gasteiger partial charge in [-0.25, -0.2) is 9.97 Å². The van der Waals surface area contributed by atoms with E-state index in [1.165, 1.54) is 0 Å². The van der Waals surface area contributed by atoms with Crippen molar-refractivity contribution in [1.82, 2.24) is 29.6 Å². The van der Waals surface area contributed by atoms with Gasteiger partial charge in [0.2, 0.25) is 17.6 Å². The fourth-order valence-electron chi connectivity index (χ4n) is 5.04. The van der Waals surface area contributed by atoms with Crippen molar-refractivity contribution in [2.75, 3.05) is 36.8 Å². The average molecular weight is 494 g/mol. The van der Waals surface area contributed by atoms with Crippen molar-refractivity contribution in [3.05, 3.63) is 45.8 Å². The van der Waals surface area contributed by atoms with Gasteiger partial charge in [0, 0.05) is 62.1 Å². The summed E-state index contributed by atoms with van der Waals surface area (Å²) in [7, 11) is 0. The van der Waals surface area contributed by atoms with Crippen molar-refractivity contribution in [3.63, 3.8) is 0 Å². The minimum absolute atomic E-state index is 0.0661. The molecule has 1 amide bonds. The number of rotatable bonds is 5. The monoisotopic (exact) mass is 493 g/mol. The first-order valence-corrected chi connectivity index (χ1v) is 13.2. The Bertz CT molecular complexity index is 1310. The number of piperazine rings is 1. The number of carbonyl (C=O) groups is 1. The zero-order chi connectivity index (χ0) is 23.9. The van der Waals surface area contributed by atoms with Gasteiger partial charge in [0.15, 0.2) is 5.16 Å². The summed E-state index contributed by atoms with van der Waals surface area (Å²) < 4.78 is 6.96. The number of hydrogen-bond acceptors (Lipinski definition) is 9. The molecule has 0 bridgehead atoms. The van der Waals surface area contributed by atoms with Crippen LogP contribution in [0.4, 0.5) is 5.82 Å². The first kappa shape index (κ1) is 22.3. The average Bonchev–Trinajstić information content (AvgIpc) is 3.65. The van der Waals surface area contributed by atoms with Gasteiger partial charge in [-0.1, -0.05) is 23.8 Å². The van der Waals surface area contributed by atoms with E-state index in [0.29, 0.717) is 50.7 Å². The molecule has 0 aromatic carbocycles. The lowest BCUT2D eigenvalue weighted by Crippen LogP contribution is -2.49. The molecule has 5 heterocycles. The minimum atomic E-state index is -0.112. The number of pyridine rings is 1. The summed E-state index contributed by atoms with van der Waals surface area (Å²) in [5.41, 5.74) is 2.69. The van der Waals surface area contributed by atoms with E-state index in [-0.39, 0.29) is 17.5 Å². The lowest BCUT2D eigenvalue weighted by molar-refractivity contribution is -0.132. The molecule has 1 aliphatic carbocycles. The molecule has 2 aliphatic heterocycles. The lowest BCUT2D eigenvalue weighted by Gasteiger charge is -2.36. The van der Waals surface area contributed by atoms with Gasteiger partial charge in [0.25, 0.3) is 5.56 Å². The number of aryl methyl sites for hydroxylation is 2. The number of anilines is 1. The molecule has 1 atom stereocenters. The summed E-state index contributed by atoms with van der Waals surface area (Å²) in [5, 5.41) is 4.77. The predicted molar refractivity (Wildman–Crippen MR) is 131 cm³/mol. The standard InChI is InChI=1S/C24H27N7O3S/c1-2-20-27-22(28-34-20)15-6-7-19(25-13-15)29-8-10-30(11-9-29)21(32)12-16-14-35-24-26-18-5-3-4-17(18)23(33)31(16)24/h6-7,13,16H,2-5,8-12,14H2,1H3. The summed E-state index contributed by atoms with van der Waals surface area (Å²) in [6.07, 6.45) is 5.49. The van der Waals surface area contributed by atoms with Crippen molar-refractivity contribution in [2.24, 2.45) is 0 Å². The fraction of sp³-hybridized carbons (Fsp3) is 0.500. The maximum atomic E-state index is 13.1. The predicted octanol–water partition coefficient (Wildman–Crippen LogP) is 2.13. The van der Waals surface area contributed by atoms with Crippen LogP contribution in [0.25, 0.3) is 11.4 Å². The van der Waals surface area contributed by atoms with Crippen LogP contribution in [-0.4, -0.2) is 67.4 Å². The number of amides is 1. The number of fused-ring (bicyclic) bond motifs is 2. The van der Waals surface area contributed by atoms with Crippen LogP contribution in [0.2, 0.25) is 0 Å². The highest BCUT2D eigenvalue weighted by atomic mass is 32.2. The molecule has 3 aromatic heterocycles. The molecule has 11 heteroatoms. The van der Waals surface area contributed by atoms with E-state index in [2.05, 4.69) is 20.0 Å². The largest absolute Gasteiger partial charge is 0.353 e. The zero-order valence-electron chi connectivity index (χ0n) is 19.6. The van der Waals surface area contributed by atoms with Gasteiger partial charge in [0.1, 0.15) is 5.82 Å². The van der Waals surface area contributed by atoms with Crippen LogP contribution < -0.4 is 10.5 Å². The number of carbonyl (C=O) groups excluding carboxylic acids is 1. The highest BCUT2D eigenvalue weighted by Crippen LogP contribution is 2.34. The molecule has 1 unspecified atom stereocenters. The molecule has 0 spiro atoms. The topological polar surface area (TPSA) is 110 Å². The van der Waals surface area contributed by atoms with E-state index < -0.39 is 0 Å². The quantitative estimate of drug-likeness (QED) is 0.494. The fourth-order valence-corrected chi connectivity index (χ4v) is 6.19. The molecule has 6 rings (SSSR count). The Kier molecular flexibility index (Phi) is 5.79. The SMILES string of the molecule is CCc1nc(-c2ccc(N3CCN(C(=O)CC4CSc5nc6c(c(=O)n54)CCC6)CC3)nc2)no1. The van der Waals surface area contributed by atoms with Crippen molar-refractivity contribution in [1.29, 1.82) is 0 Å². The first-order valence-electron chi connectivity index (χ1n) is 12.2. The van der Waals surface area contributed by atoms with E-state index in [0.717, 1.165) is 52.8 Å². The Labute approximate surface area is 206 Å². The van der Waals surface area contributed by atoms with E-state index in [1.54, 1.807) is 22.5 Å². The molecular weight excluding hydrogens is 466 g/mol. The van der Waals surface area contributed by atoms with E-state index in [4.69, 9.17) is 9.51 Å². The Morgan fingerprint density at radius 3 is 2.77 bits per heavy atom. The summed E-state index contributed by atoms with van der Waals surface area (Å²) in [5.74, 6) is 2.85. The number of hydrogen-bond donors (Lipinski definition) is 0. The molecule has 1 saturated heterocycles. The first-order chi connectivity index (χ1) is 17.1. The van der Waals surface area contributed by atoms with Gasteiger partial charge < -0.3 is 14.3 Å².